The van der Waals surface area contributed by atoms with Gasteiger partial charge >= 0.3 is 0 Å². The molecule has 0 aliphatic rings. The number of carbonyl (C=O) groups excluding carboxylic acids is 1. The zero-order valence-corrected chi connectivity index (χ0v) is 16.1. The second-order valence-electron chi connectivity index (χ2n) is 6.15. The van der Waals surface area contributed by atoms with Gasteiger partial charge < -0.3 is 10.1 Å². The number of nitrogens with one attached hydrogen (secondary N) is 1. The highest BCUT2D eigenvalue weighted by atomic mass is 32.2. The summed E-state index contributed by atoms with van der Waals surface area (Å²) < 4.78 is 5.62. The molecule has 0 fully saturated rings. The standard InChI is InChI=1S/C21H21N3O2S/c1-15(2)26-18-7-5-17(6-8-18)24-20(25)19-4-3-11-23-21(19)27-14-16-9-12-22-13-10-16/h3-13,15H,14H2,1-2H3,(H,24,25). The number of rotatable bonds is 7. The van der Waals surface area contributed by atoms with E-state index in [1.54, 1.807) is 30.7 Å². The molecule has 0 unspecified atom stereocenters. The highest BCUT2D eigenvalue weighted by Crippen LogP contribution is 2.25. The summed E-state index contributed by atoms with van der Waals surface area (Å²) in [5, 5.41) is 3.62. The van der Waals surface area contributed by atoms with Crippen LogP contribution in [0.5, 0.6) is 5.75 Å². The number of thioether (sulfide) groups is 1. The van der Waals surface area contributed by atoms with Gasteiger partial charge in [-0.3, -0.25) is 9.78 Å². The Balaban J connectivity index is 1.67. The molecular weight excluding hydrogens is 358 g/mol. The van der Waals surface area contributed by atoms with Crippen molar-refractivity contribution in [2.75, 3.05) is 5.32 Å². The van der Waals surface area contributed by atoms with Gasteiger partial charge in [-0.05, 0) is 67.9 Å². The number of amides is 1. The van der Waals surface area contributed by atoms with Crippen LogP contribution in [0.15, 0.2) is 72.1 Å². The van der Waals surface area contributed by atoms with Crippen LogP contribution in [0.1, 0.15) is 29.8 Å². The van der Waals surface area contributed by atoms with Crippen molar-refractivity contribution in [1.82, 2.24) is 9.97 Å². The van der Waals surface area contributed by atoms with Crippen molar-refractivity contribution in [2.24, 2.45) is 0 Å². The van der Waals surface area contributed by atoms with Gasteiger partial charge in [-0.25, -0.2) is 4.98 Å². The lowest BCUT2D eigenvalue weighted by Crippen LogP contribution is -2.13. The highest BCUT2D eigenvalue weighted by Gasteiger charge is 2.13. The molecule has 0 aliphatic carbocycles. The average molecular weight is 379 g/mol. The van der Waals surface area contributed by atoms with Gasteiger partial charge in [0.25, 0.3) is 5.91 Å². The first kappa shape index (κ1) is 18.9. The number of nitrogens with zero attached hydrogens (tertiary/aromatic N) is 2. The van der Waals surface area contributed by atoms with Crippen LogP contribution in [0.25, 0.3) is 0 Å². The summed E-state index contributed by atoms with van der Waals surface area (Å²) >= 11 is 1.53. The van der Waals surface area contributed by atoms with Crippen LogP contribution in [-0.4, -0.2) is 22.0 Å². The molecular formula is C21H21N3O2S. The molecule has 0 saturated carbocycles. The number of hydrogen-bond donors (Lipinski definition) is 1. The molecule has 27 heavy (non-hydrogen) atoms. The molecule has 3 rings (SSSR count). The number of aromatic nitrogens is 2. The molecule has 138 valence electrons. The highest BCUT2D eigenvalue weighted by molar-refractivity contribution is 7.98. The molecule has 0 radical (unpaired) electrons. The van der Waals surface area contributed by atoms with Crippen LogP contribution in [0.4, 0.5) is 5.69 Å². The first-order valence-electron chi connectivity index (χ1n) is 8.66. The van der Waals surface area contributed by atoms with Gasteiger partial charge in [-0.2, -0.15) is 0 Å². The molecule has 0 spiro atoms. The fourth-order valence-corrected chi connectivity index (χ4v) is 3.34. The van der Waals surface area contributed by atoms with E-state index in [9.17, 15) is 4.79 Å². The molecule has 0 saturated heterocycles. The molecule has 1 amide bonds. The van der Waals surface area contributed by atoms with E-state index in [1.165, 1.54) is 11.8 Å². The van der Waals surface area contributed by atoms with E-state index in [0.29, 0.717) is 16.3 Å². The minimum Gasteiger partial charge on any atom is -0.491 e. The lowest BCUT2D eigenvalue weighted by atomic mass is 10.2. The third-order valence-electron chi connectivity index (χ3n) is 3.62. The molecule has 2 heterocycles. The van der Waals surface area contributed by atoms with Gasteiger partial charge in [-0.1, -0.05) is 0 Å². The van der Waals surface area contributed by atoms with Crippen molar-refractivity contribution in [3.8, 4) is 5.75 Å². The lowest BCUT2D eigenvalue weighted by Gasteiger charge is -2.11. The van der Waals surface area contributed by atoms with Crippen LogP contribution in [0.2, 0.25) is 0 Å². The normalized spacial score (nSPS) is 10.6. The van der Waals surface area contributed by atoms with E-state index in [-0.39, 0.29) is 12.0 Å². The fourth-order valence-electron chi connectivity index (χ4n) is 2.40. The Labute approximate surface area is 163 Å². The van der Waals surface area contributed by atoms with Crippen molar-refractivity contribution in [1.29, 1.82) is 0 Å². The molecule has 3 aromatic rings. The summed E-state index contributed by atoms with van der Waals surface area (Å²) in [6.07, 6.45) is 5.33. The van der Waals surface area contributed by atoms with Crippen molar-refractivity contribution < 1.29 is 9.53 Å². The Hall–Kier alpha value is -2.86. The Morgan fingerprint density at radius 3 is 2.52 bits per heavy atom. The number of ether oxygens (including phenoxy) is 1. The maximum atomic E-state index is 12.7. The molecule has 6 heteroatoms. The first-order chi connectivity index (χ1) is 13.1. The van der Waals surface area contributed by atoms with Gasteiger partial charge in [0, 0.05) is 30.0 Å². The third kappa shape index (κ3) is 5.56. The third-order valence-corrected chi connectivity index (χ3v) is 4.70. The van der Waals surface area contributed by atoms with Crippen molar-refractivity contribution in [3.63, 3.8) is 0 Å². The van der Waals surface area contributed by atoms with Crippen molar-refractivity contribution >= 4 is 23.4 Å². The largest absolute Gasteiger partial charge is 0.491 e. The number of hydrogen-bond acceptors (Lipinski definition) is 5. The van der Waals surface area contributed by atoms with Crippen LogP contribution >= 0.6 is 11.8 Å². The Morgan fingerprint density at radius 1 is 1.07 bits per heavy atom. The summed E-state index contributed by atoms with van der Waals surface area (Å²) in [6.45, 7) is 3.95. The molecule has 1 aromatic carbocycles. The Bertz CT molecular complexity index is 883. The number of carbonyl (C=O) groups is 1. The van der Waals surface area contributed by atoms with E-state index < -0.39 is 0 Å². The van der Waals surface area contributed by atoms with Crippen LogP contribution < -0.4 is 10.1 Å². The molecule has 0 aliphatic heterocycles. The lowest BCUT2D eigenvalue weighted by molar-refractivity contribution is 0.102. The smallest absolute Gasteiger partial charge is 0.258 e. The van der Waals surface area contributed by atoms with Gasteiger partial charge in [0.2, 0.25) is 0 Å². The van der Waals surface area contributed by atoms with Gasteiger partial charge in [0.05, 0.1) is 11.7 Å². The second-order valence-corrected chi connectivity index (χ2v) is 7.11. The number of benzene rings is 1. The van der Waals surface area contributed by atoms with Gasteiger partial charge in [0.15, 0.2) is 0 Å². The minimum absolute atomic E-state index is 0.112. The summed E-state index contributed by atoms with van der Waals surface area (Å²) in [5.74, 6) is 1.32. The predicted octanol–water partition coefficient (Wildman–Crippen LogP) is 4.81. The van der Waals surface area contributed by atoms with Crippen LogP contribution in [0.3, 0.4) is 0 Å². The van der Waals surface area contributed by atoms with Crippen LogP contribution in [-0.2, 0) is 5.75 Å². The summed E-state index contributed by atoms with van der Waals surface area (Å²) in [5.41, 5.74) is 2.40. The molecule has 2 aromatic heterocycles. The van der Waals surface area contributed by atoms with Crippen LogP contribution in [0, 0.1) is 0 Å². The Morgan fingerprint density at radius 2 is 1.81 bits per heavy atom. The van der Waals surface area contributed by atoms with E-state index in [0.717, 1.165) is 17.1 Å². The number of anilines is 1. The summed E-state index contributed by atoms with van der Waals surface area (Å²) in [7, 11) is 0. The summed E-state index contributed by atoms with van der Waals surface area (Å²) in [4.78, 5) is 21.1. The van der Waals surface area contributed by atoms with Crippen molar-refractivity contribution in [2.45, 2.75) is 30.7 Å². The average Bonchev–Trinajstić information content (AvgIpc) is 2.68. The quantitative estimate of drug-likeness (QED) is 0.597. The SMILES string of the molecule is CC(C)Oc1ccc(NC(=O)c2cccnc2SCc2ccncc2)cc1. The molecule has 1 N–H and O–H groups in total. The fraction of sp³-hybridized carbons (Fsp3) is 0.190. The first-order valence-corrected chi connectivity index (χ1v) is 9.65. The summed E-state index contributed by atoms with van der Waals surface area (Å²) in [6, 6.07) is 14.8. The molecule has 0 atom stereocenters. The maximum absolute atomic E-state index is 12.7. The van der Waals surface area contributed by atoms with E-state index in [1.807, 2.05) is 50.2 Å². The number of pyridine rings is 2. The zero-order chi connectivity index (χ0) is 19.1. The maximum Gasteiger partial charge on any atom is 0.258 e. The van der Waals surface area contributed by atoms with Gasteiger partial charge in [0.1, 0.15) is 10.8 Å². The van der Waals surface area contributed by atoms with Crippen molar-refractivity contribution in [3.05, 3.63) is 78.2 Å². The van der Waals surface area contributed by atoms with Gasteiger partial charge in [-0.15, -0.1) is 11.8 Å². The topological polar surface area (TPSA) is 64.1 Å². The minimum atomic E-state index is -0.183. The zero-order valence-electron chi connectivity index (χ0n) is 15.3. The Kier molecular flexibility index (Phi) is 6.44. The predicted molar refractivity (Wildman–Crippen MR) is 108 cm³/mol. The van der Waals surface area contributed by atoms with E-state index >= 15 is 0 Å². The van der Waals surface area contributed by atoms with E-state index in [2.05, 4.69) is 15.3 Å². The molecule has 0 bridgehead atoms. The monoisotopic (exact) mass is 379 g/mol. The second kappa shape index (κ2) is 9.19. The molecule has 5 nitrogen and oxygen atoms in total. The van der Waals surface area contributed by atoms with E-state index in [4.69, 9.17) is 4.74 Å².